The van der Waals surface area contributed by atoms with Gasteiger partial charge < -0.3 is 9.05 Å². The van der Waals surface area contributed by atoms with Gasteiger partial charge in [-0.25, -0.2) is 8.78 Å². The second-order valence-corrected chi connectivity index (χ2v) is 11.8. The van der Waals surface area contributed by atoms with Gasteiger partial charge in [0.15, 0.2) is 17.4 Å². The first-order valence-electron chi connectivity index (χ1n) is 15.5. The van der Waals surface area contributed by atoms with Gasteiger partial charge in [-0.2, -0.15) is 9.97 Å². The topological polar surface area (TPSA) is 101 Å². The number of carbonyl (C=O) groups excluding carboxylic acids is 1. The summed E-state index contributed by atoms with van der Waals surface area (Å²) in [6.45, 7) is 0.334. The van der Waals surface area contributed by atoms with Crippen LogP contribution in [0, 0.1) is 0 Å². The van der Waals surface area contributed by atoms with Crippen molar-refractivity contribution in [1.29, 1.82) is 0 Å². The molecule has 2 aliphatic rings. The van der Waals surface area contributed by atoms with Crippen molar-refractivity contribution in [2.24, 2.45) is 0 Å². The number of aromatic nitrogens is 4. The standard InChI is InChI=1S/C33H38F2N6O3/c34-21-27(40-15-11-25(12-16-40)32-36-29(38-43-32)19-23-7-3-1-4-8-23)31(42)28(22-35)41-17-13-26(14-18-41)33-37-30(39-44-33)20-24-9-5-2-6-10-24/h1-10,25-28H,11-22H2. The Bertz CT molecular complexity index is 1360. The lowest BCUT2D eigenvalue weighted by molar-refractivity contribution is -0.132. The van der Waals surface area contributed by atoms with E-state index in [0.717, 1.165) is 11.1 Å². The maximum Gasteiger partial charge on any atom is 0.229 e. The van der Waals surface area contributed by atoms with E-state index in [1.54, 1.807) is 0 Å². The number of carbonyl (C=O) groups is 1. The van der Waals surface area contributed by atoms with Crippen molar-refractivity contribution in [2.45, 2.75) is 62.4 Å². The van der Waals surface area contributed by atoms with E-state index < -0.39 is 31.2 Å². The minimum absolute atomic E-state index is 0.0487. The minimum Gasteiger partial charge on any atom is -0.339 e. The van der Waals surface area contributed by atoms with Gasteiger partial charge in [-0.15, -0.1) is 0 Å². The van der Waals surface area contributed by atoms with Gasteiger partial charge in [0.25, 0.3) is 0 Å². The number of alkyl halides is 2. The first-order valence-corrected chi connectivity index (χ1v) is 15.5. The van der Waals surface area contributed by atoms with Crippen LogP contribution in [0.25, 0.3) is 0 Å². The number of likely N-dealkylation sites (tertiary alicyclic amines) is 2. The highest BCUT2D eigenvalue weighted by Crippen LogP contribution is 2.31. The third-order valence-electron chi connectivity index (χ3n) is 8.97. The van der Waals surface area contributed by atoms with Crippen LogP contribution >= 0.6 is 0 Å². The average molecular weight is 605 g/mol. The number of hydrogen-bond acceptors (Lipinski definition) is 9. The normalized spacial score (nSPS) is 18.8. The first-order chi connectivity index (χ1) is 21.6. The molecule has 9 nitrogen and oxygen atoms in total. The maximum atomic E-state index is 14.4. The van der Waals surface area contributed by atoms with Crippen molar-refractivity contribution >= 4 is 5.78 Å². The van der Waals surface area contributed by atoms with Gasteiger partial charge in [0.05, 0.1) is 12.1 Å². The van der Waals surface area contributed by atoms with Crippen LogP contribution in [0.3, 0.4) is 0 Å². The van der Waals surface area contributed by atoms with Crippen LogP contribution < -0.4 is 0 Å². The zero-order valence-corrected chi connectivity index (χ0v) is 24.7. The quantitative estimate of drug-likeness (QED) is 0.223. The Morgan fingerprint density at radius 3 is 1.43 bits per heavy atom. The van der Waals surface area contributed by atoms with Crippen molar-refractivity contribution in [3.05, 3.63) is 95.2 Å². The van der Waals surface area contributed by atoms with Gasteiger partial charge >= 0.3 is 0 Å². The summed E-state index contributed by atoms with van der Waals surface area (Å²) < 4.78 is 39.8. The summed E-state index contributed by atoms with van der Waals surface area (Å²) in [5.41, 5.74) is 2.21. The molecule has 0 saturated carbocycles. The molecule has 4 heterocycles. The van der Waals surface area contributed by atoms with Crippen LogP contribution in [-0.2, 0) is 17.6 Å². The molecular formula is C33H38F2N6O3. The van der Waals surface area contributed by atoms with E-state index in [2.05, 4.69) is 20.3 Å². The number of ketones is 1. The lowest BCUT2D eigenvalue weighted by atomic mass is 9.92. The molecule has 0 radical (unpaired) electrons. The van der Waals surface area contributed by atoms with Crippen molar-refractivity contribution in [3.8, 4) is 0 Å². The molecule has 2 aromatic heterocycles. The maximum absolute atomic E-state index is 14.4. The Hall–Kier alpha value is -3.83. The van der Waals surface area contributed by atoms with E-state index in [4.69, 9.17) is 9.05 Å². The summed E-state index contributed by atoms with van der Waals surface area (Å²) in [4.78, 5) is 26.4. The third kappa shape index (κ3) is 7.10. The molecule has 2 fully saturated rings. The fourth-order valence-corrected chi connectivity index (χ4v) is 6.41. The zero-order valence-electron chi connectivity index (χ0n) is 24.7. The number of halogens is 2. The Morgan fingerprint density at radius 1 is 0.682 bits per heavy atom. The molecule has 11 heteroatoms. The van der Waals surface area contributed by atoms with Crippen molar-refractivity contribution in [3.63, 3.8) is 0 Å². The molecule has 2 unspecified atom stereocenters. The Kier molecular flexibility index (Phi) is 9.82. The minimum atomic E-state index is -0.970. The zero-order chi connectivity index (χ0) is 30.3. The van der Waals surface area contributed by atoms with E-state index in [0.29, 0.717) is 88.1 Å². The smallest absolute Gasteiger partial charge is 0.229 e. The van der Waals surface area contributed by atoms with E-state index in [-0.39, 0.29) is 11.8 Å². The second kappa shape index (κ2) is 14.3. The van der Waals surface area contributed by atoms with Crippen molar-refractivity contribution < 1.29 is 22.6 Å². The van der Waals surface area contributed by atoms with E-state index in [9.17, 15) is 13.6 Å². The Balaban J connectivity index is 0.998. The van der Waals surface area contributed by atoms with Crippen LogP contribution in [0.4, 0.5) is 8.78 Å². The van der Waals surface area contributed by atoms with Gasteiger partial charge in [0.1, 0.15) is 13.3 Å². The summed E-state index contributed by atoms with van der Waals surface area (Å²) in [6.07, 6.45) is 3.84. The molecule has 0 bridgehead atoms. The number of Topliss-reactive ketones (excluding diaryl/α,β-unsaturated/α-hetero) is 1. The fraction of sp³-hybridized carbons (Fsp3) is 0.485. The van der Waals surface area contributed by atoms with Crippen molar-refractivity contribution in [1.82, 2.24) is 30.1 Å². The average Bonchev–Trinajstić information content (AvgIpc) is 3.74. The third-order valence-corrected chi connectivity index (χ3v) is 8.97. The van der Waals surface area contributed by atoms with Gasteiger partial charge in [0, 0.05) is 24.7 Å². The largest absolute Gasteiger partial charge is 0.339 e. The van der Waals surface area contributed by atoms with Gasteiger partial charge in [-0.3, -0.25) is 14.6 Å². The fourth-order valence-electron chi connectivity index (χ4n) is 6.41. The van der Waals surface area contributed by atoms with Gasteiger partial charge in [-0.05, 0) is 63.0 Å². The summed E-state index contributed by atoms with van der Waals surface area (Å²) in [5.74, 6) is 2.13. The predicted molar refractivity (Wildman–Crippen MR) is 159 cm³/mol. The Morgan fingerprint density at radius 2 is 1.07 bits per heavy atom. The molecule has 2 atom stereocenters. The molecule has 2 aliphatic heterocycles. The second-order valence-electron chi connectivity index (χ2n) is 11.8. The molecule has 44 heavy (non-hydrogen) atoms. The number of rotatable bonds is 12. The summed E-state index contributed by atoms with van der Waals surface area (Å²) in [7, 11) is 0. The molecule has 0 aliphatic carbocycles. The van der Waals surface area contributed by atoms with Crippen molar-refractivity contribution in [2.75, 3.05) is 39.5 Å². The molecule has 2 aromatic carbocycles. The molecule has 0 amide bonds. The molecule has 0 spiro atoms. The molecule has 232 valence electrons. The summed E-state index contributed by atoms with van der Waals surface area (Å²) >= 11 is 0. The van der Waals surface area contributed by atoms with E-state index in [1.165, 1.54) is 0 Å². The monoisotopic (exact) mass is 604 g/mol. The SMILES string of the molecule is O=C(C(CF)N1CCC(c2nc(Cc3ccccc3)no2)CC1)C(CF)N1CCC(c2nc(Cc3ccccc3)no2)CC1. The Labute approximate surface area is 255 Å². The molecule has 6 rings (SSSR count). The van der Waals surface area contributed by atoms with Gasteiger partial charge in [-0.1, -0.05) is 71.0 Å². The van der Waals surface area contributed by atoms with Gasteiger partial charge in [0.2, 0.25) is 11.8 Å². The molecule has 2 saturated heterocycles. The summed E-state index contributed by atoms with van der Waals surface area (Å²) in [6, 6.07) is 18.0. The van der Waals surface area contributed by atoms with Crippen LogP contribution in [-0.4, -0.2) is 87.5 Å². The van der Waals surface area contributed by atoms with Crippen LogP contribution in [0.15, 0.2) is 69.7 Å². The van der Waals surface area contributed by atoms with Crippen LogP contribution in [0.5, 0.6) is 0 Å². The van der Waals surface area contributed by atoms with E-state index in [1.807, 2.05) is 70.5 Å². The highest BCUT2D eigenvalue weighted by molar-refractivity contribution is 5.89. The number of hydrogen-bond donors (Lipinski definition) is 0. The predicted octanol–water partition coefficient (Wildman–Crippen LogP) is 4.94. The number of piperidine rings is 2. The van der Waals surface area contributed by atoms with Crippen LogP contribution in [0.1, 0.15) is 72.1 Å². The lowest BCUT2D eigenvalue weighted by Crippen LogP contribution is -2.56. The van der Waals surface area contributed by atoms with Crippen LogP contribution in [0.2, 0.25) is 0 Å². The molecule has 4 aromatic rings. The number of nitrogens with zero attached hydrogens (tertiary/aromatic N) is 6. The van der Waals surface area contributed by atoms with E-state index >= 15 is 0 Å². The summed E-state index contributed by atoms with van der Waals surface area (Å²) in [5, 5.41) is 8.28. The first kappa shape index (κ1) is 30.2. The highest BCUT2D eigenvalue weighted by atomic mass is 19.1. The molecular weight excluding hydrogens is 566 g/mol. The lowest BCUT2D eigenvalue weighted by Gasteiger charge is -2.39. The molecule has 0 N–H and O–H groups in total. The number of benzene rings is 2. The highest BCUT2D eigenvalue weighted by Gasteiger charge is 2.39.